The predicted octanol–water partition coefficient (Wildman–Crippen LogP) is 5.74. The van der Waals surface area contributed by atoms with E-state index < -0.39 is 5.60 Å². The number of piperidine rings is 1. The second kappa shape index (κ2) is 10.6. The van der Waals surface area contributed by atoms with E-state index in [0.29, 0.717) is 17.9 Å². The minimum absolute atomic E-state index is 0.208. The van der Waals surface area contributed by atoms with Gasteiger partial charge in [-0.3, -0.25) is 4.90 Å². The first-order valence-corrected chi connectivity index (χ1v) is 11.4. The summed E-state index contributed by atoms with van der Waals surface area (Å²) in [5.74, 6) is 0. The van der Waals surface area contributed by atoms with Gasteiger partial charge in [0.1, 0.15) is 0 Å². The van der Waals surface area contributed by atoms with Crippen molar-refractivity contribution >= 4 is 17.3 Å². The molecular formula is C23H35ClN2O2. The van der Waals surface area contributed by atoms with Crippen molar-refractivity contribution in [2.45, 2.75) is 88.7 Å². The van der Waals surface area contributed by atoms with Gasteiger partial charge in [0.15, 0.2) is 0 Å². The van der Waals surface area contributed by atoms with E-state index in [9.17, 15) is 10.3 Å². The van der Waals surface area contributed by atoms with Crippen LogP contribution in [0.3, 0.4) is 0 Å². The first-order valence-electron chi connectivity index (χ1n) is 11.1. The summed E-state index contributed by atoms with van der Waals surface area (Å²) in [7, 11) is 0. The summed E-state index contributed by atoms with van der Waals surface area (Å²) in [6.45, 7) is 1.64. The zero-order chi connectivity index (χ0) is 19.8. The van der Waals surface area contributed by atoms with E-state index in [1.54, 1.807) is 0 Å². The zero-order valence-corrected chi connectivity index (χ0v) is 17.7. The molecule has 3 rings (SSSR count). The van der Waals surface area contributed by atoms with Crippen molar-refractivity contribution < 1.29 is 10.3 Å². The highest BCUT2D eigenvalue weighted by Gasteiger charge is 2.37. The maximum Gasteiger partial charge on any atom is 0.0920 e. The Hall–Kier alpha value is -1.10. The van der Waals surface area contributed by atoms with Crippen molar-refractivity contribution in [2.75, 3.05) is 13.1 Å². The quantitative estimate of drug-likeness (QED) is 0.486. The minimum Gasteiger partial charge on any atom is -0.411 e. The third-order valence-electron chi connectivity index (χ3n) is 6.62. The predicted molar refractivity (Wildman–Crippen MR) is 115 cm³/mol. The van der Waals surface area contributed by atoms with Crippen molar-refractivity contribution in [1.82, 2.24) is 4.90 Å². The van der Waals surface area contributed by atoms with Crippen LogP contribution in [0.1, 0.15) is 82.6 Å². The molecule has 2 aliphatic rings. The van der Waals surface area contributed by atoms with Crippen molar-refractivity contribution in [1.29, 1.82) is 0 Å². The van der Waals surface area contributed by atoms with Gasteiger partial charge in [0, 0.05) is 18.1 Å². The third-order valence-corrected chi connectivity index (χ3v) is 6.87. The van der Waals surface area contributed by atoms with E-state index in [1.165, 1.54) is 44.9 Å². The highest BCUT2D eigenvalue weighted by molar-refractivity contribution is 6.30. The number of oxime groups is 1. The molecule has 0 aromatic heterocycles. The van der Waals surface area contributed by atoms with Gasteiger partial charge in [-0.2, -0.15) is 0 Å². The standard InChI is InChI=1S/C23H35ClN2O2/c24-20-13-11-19(12-14-20)23(27)15-17-26(18-16-23)22-10-8-6-4-2-1-3-5-7-9-21(22)25-28/h11-14,22,27-28H,1-10,15-18H2. The molecule has 0 bridgehead atoms. The van der Waals surface area contributed by atoms with Gasteiger partial charge < -0.3 is 10.3 Å². The Kier molecular flexibility index (Phi) is 8.19. The van der Waals surface area contributed by atoms with E-state index in [-0.39, 0.29) is 6.04 Å². The molecule has 5 heteroatoms. The molecule has 156 valence electrons. The lowest BCUT2D eigenvalue weighted by Crippen LogP contribution is -2.49. The number of nitrogens with zero attached hydrogens (tertiary/aromatic N) is 2. The minimum atomic E-state index is -0.789. The van der Waals surface area contributed by atoms with Crippen LogP contribution in [0.25, 0.3) is 0 Å². The summed E-state index contributed by atoms with van der Waals surface area (Å²) in [4.78, 5) is 2.44. The van der Waals surface area contributed by atoms with Crippen molar-refractivity contribution in [3.63, 3.8) is 0 Å². The molecule has 1 saturated carbocycles. The molecule has 1 aromatic rings. The molecule has 4 nitrogen and oxygen atoms in total. The summed E-state index contributed by atoms with van der Waals surface area (Å²) >= 11 is 6.00. The first-order chi connectivity index (χ1) is 13.6. The Morgan fingerprint density at radius 1 is 0.893 bits per heavy atom. The molecule has 0 spiro atoms. The van der Waals surface area contributed by atoms with Crippen LogP contribution in [-0.2, 0) is 5.60 Å². The van der Waals surface area contributed by atoms with E-state index in [4.69, 9.17) is 11.6 Å². The van der Waals surface area contributed by atoms with Gasteiger partial charge in [0.25, 0.3) is 0 Å². The second-order valence-corrected chi connectivity index (χ2v) is 8.99. The number of rotatable bonds is 2. The van der Waals surface area contributed by atoms with Crippen molar-refractivity contribution in [3.8, 4) is 0 Å². The van der Waals surface area contributed by atoms with Gasteiger partial charge in [-0.1, -0.05) is 73.8 Å². The number of benzene rings is 1. The summed E-state index contributed by atoms with van der Waals surface area (Å²) < 4.78 is 0. The summed E-state index contributed by atoms with van der Waals surface area (Å²) in [6, 6.07) is 7.79. The van der Waals surface area contributed by atoms with Gasteiger partial charge in [0.2, 0.25) is 0 Å². The molecule has 2 fully saturated rings. The summed E-state index contributed by atoms with van der Waals surface area (Å²) in [5.41, 5.74) is 1.10. The number of hydrogen-bond donors (Lipinski definition) is 2. The number of halogens is 1. The molecule has 1 unspecified atom stereocenters. The normalized spacial score (nSPS) is 27.1. The molecule has 1 atom stereocenters. The Bertz CT molecular complexity index is 624. The van der Waals surface area contributed by atoms with Gasteiger partial charge in [-0.25, -0.2) is 0 Å². The van der Waals surface area contributed by atoms with E-state index in [2.05, 4.69) is 10.1 Å². The van der Waals surface area contributed by atoms with Crippen LogP contribution in [0.15, 0.2) is 29.4 Å². The lowest BCUT2D eigenvalue weighted by molar-refractivity contribution is -0.0310. The Morgan fingerprint density at radius 3 is 2.07 bits per heavy atom. The number of likely N-dealkylation sites (tertiary alicyclic amines) is 1. The van der Waals surface area contributed by atoms with Crippen LogP contribution >= 0.6 is 11.6 Å². The highest BCUT2D eigenvalue weighted by Crippen LogP contribution is 2.35. The maximum absolute atomic E-state index is 11.2. The molecule has 0 amide bonds. The molecule has 28 heavy (non-hydrogen) atoms. The molecule has 1 heterocycles. The largest absolute Gasteiger partial charge is 0.411 e. The molecule has 1 aromatic carbocycles. The highest BCUT2D eigenvalue weighted by atomic mass is 35.5. The van der Waals surface area contributed by atoms with Crippen LogP contribution in [0.5, 0.6) is 0 Å². The van der Waals surface area contributed by atoms with Gasteiger partial charge in [-0.15, -0.1) is 0 Å². The summed E-state index contributed by atoms with van der Waals surface area (Å²) in [6.07, 6.45) is 13.4. The fourth-order valence-electron chi connectivity index (χ4n) is 4.80. The van der Waals surface area contributed by atoms with Crippen LogP contribution in [0.4, 0.5) is 0 Å². The average Bonchev–Trinajstić information content (AvgIpc) is 2.70. The smallest absolute Gasteiger partial charge is 0.0920 e. The van der Waals surface area contributed by atoms with E-state index in [0.717, 1.165) is 43.6 Å². The number of aliphatic hydroxyl groups is 1. The number of hydrogen-bond acceptors (Lipinski definition) is 4. The van der Waals surface area contributed by atoms with Crippen LogP contribution in [0.2, 0.25) is 5.02 Å². The maximum atomic E-state index is 11.2. The lowest BCUT2D eigenvalue weighted by atomic mass is 9.83. The van der Waals surface area contributed by atoms with E-state index in [1.807, 2.05) is 24.3 Å². The van der Waals surface area contributed by atoms with Crippen molar-refractivity contribution in [3.05, 3.63) is 34.9 Å². The molecule has 1 aliphatic carbocycles. The molecular weight excluding hydrogens is 372 g/mol. The Balaban J connectivity index is 1.65. The van der Waals surface area contributed by atoms with Gasteiger partial charge in [0.05, 0.1) is 17.4 Å². The lowest BCUT2D eigenvalue weighted by Gasteiger charge is -2.42. The topological polar surface area (TPSA) is 56.1 Å². The molecule has 1 aliphatic heterocycles. The monoisotopic (exact) mass is 406 g/mol. The van der Waals surface area contributed by atoms with Gasteiger partial charge in [-0.05, 0) is 49.8 Å². The Labute approximate surface area is 174 Å². The third kappa shape index (κ3) is 5.71. The van der Waals surface area contributed by atoms with Crippen molar-refractivity contribution in [2.24, 2.45) is 5.16 Å². The second-order valence-electron chi connectivity index (χ2n) is 8.55. The molecule has 1 saturated heterocycles. The zero-order valence-electron chi connectivity index (χ0n) is 17.0. The fourth-order valence-corrected chi connectivity index (χ4v) is 4.93. The molecule has 0 radical (unpaired) electrons. The van der Waals surface area contributed by atoms with Crippen LogP contribution in [0, 0.1) is 0 Å². The summed E-state index contributed by atoms with van der Waals surface area (Å²) in [5, 5.41) is 25.3. The fraction of sp³-hybridized carbons (Fsp3) is 0.696. The van der Waals surface area contributed by atoms with Crippen LogP contribution < -0.4 is 0 Å². The average molecular weight is 407 g/mol. The van der Waals surface area contributed by atoms with E-state index >= 15 is 0 Å². The van der Waals surface area contributed by atoms with Crippen LogP contribution in [-0.4, -0.2) is 40.1 Å². The molecule has 2 N–H and O–H groups in total. The first kappa shape index (κ1) is 21.6. The van der Waals surface area contributed by atoms with Gasteiger partial charge >= 0.3 is 0 Å². The SMILES string of the molecule is ON=C1CCCCCCCCCCC1N1CCC(O)(c2ccc(Cl)cc2)CC1. The Morgan fingerprint density at radius 2 is 1.46 bits per heavy atom.